The zero-order valence-corrected chi connectivity index (χ0v) is 12.8. The molecule has 0 aliphatic rings. The smallest absolute Gasteiger partial charge is 0.137 e. The molecule has 0 radical (unpaired) electrons. The van der Waals surface area contributed by atoms with Gasteiger partial charge in [0.15, 0.2) is 0 Å². The van der Waals surface area contributed by atoms with E-state index in [4.69, 9.17) is 0 Å². The molecule has 2 rings (SSSR count). The van der Waals surface area contributed by atoms with Crippen LogP contribution in [-0.2, 0) is 12.1 Å². The predicted molar refractivity (Wildman–Crippen MR) is 81.8 cm³/mol. The molecule has 20 heavy (non-hydrogen) atoms. The summed E-state index contributed by atoms with van der Waals surface area (Å²) in [6, 6.07) is 14.7. The number of hydrogen-bond acceptors (Lipinski definition) is 2. The number of halogens is 2. The van der Waals surface area contributed by atoms with Crippen molar-refractivity contribution in [2.45, 2.75) is 19.0 Å². The van der Waals surface area contributed by atoms with Gasteiger partial charge in [-0.1, -0.05) is 36.4 Å². The molecule has 2 nitrogen and oxygen atoms in total. The van der Waals surface area contributed by atoms with Crippen molar-refractivity contribution in [2.24, 2.45) is 0 Å². The molecule has 106 valence electrons. The van der Waals surface area contributed by atoms with Crippen molar-refractivity contribution in [3.8, 4) is 0 Å². The maximum absolute atomic E-state index is 13.2. The number of rotatable bonds is 5. The van der Waals surface area contributed by atoms with Crippen molar-refractivity contribution in [2.75, 3.05) is 6.61 Å². The normalized spacial score (nSPS) is 14.0. The summed E-state index contributed by atoms with van der Waals surface area (Å²) in [5, 5.41) is 13.0. The molecular weight excluding hydrogens is 321 g/mol. The monoisotopic (exact) mass is 337 g/mol. The van der Waals surface area contributed by atoms with Crippen molar-refractivity contribution in [3.05, 3.63) is 69.9 Å². The van der Waals surface area contributed by atoms with Gasteiger partial charge in [-0.15, -0.1) is 0 Å². The lowest BCUT2D eigenvalue weighted by molar-refractivity contribution is 0.173. The first kappa shape index (κ1) is 15.2. The predicted octanol–water partition coefficient (Wildman–Crippen LogP) is 3.59. The summed E-state index contributed by atoms with van der Waals surface area (Å²) in [7, 11) is 0. The fourth-order valence-corrected chi connectivity index (χ4v) is 2.43. The van der Waals surface area contributed by atoms with Crippen molar-refractivity contribution in [1.29, 1.82) is 0 Å². The minimum atomic E-state index is -0.526. The highest BCUT2D eigenvalue weighted by atomic mass is 79.9. The Morgan fingerprint density at radius 2 is 1.90 bits per heavy atom. The number of nitrogens with one attached hydrogen (secondary N) is 1. The van der Waals surface area contributed by atoms with Crippen LogP contribution in [0, 0.1) is 5.82 Å². The van der Waals surface area contributed by atoms with Crippen LogP contribution in [0.1, 0.15) is 18.1 Å². The Morgan fingerprint density at radius 3 is 2.50 bits per heavy atom. The lowest BCUT2D eigenvalue weighted by atomic mass is 9.92. The quantitative estimate of drug-likeness (QED) is 0.873. The first-order valence-electron chi connectivity index (χ1n) is 6.40. The Hall–Kier alpha value is -1.23. The minimum Gasteiger partial charge on any atom is -0.394 e. The maximum Gasteiger partial charge on any atom is 0.137 e. The second-order valence-electron chi connectivity index (χ2n) is 4.96. The van der Waals surface area contributed by atoms with Gasteiger partial charge in [0.05, 0.1) is 16.6 Å². The molecule has 0 aromatic heterocycles. The molecule has 0 bridgehead atoms. The fourth-order valence-electron chi connectivity index (χ4n) is 2.00. The topological polar surface area (TPSA) is 32.3 Å². The van der Waals surface area contributed by atoms with Crippen molar-refractivity contribution >= 4 is 15.9 Å². The largest absolute Gasteiger partial charge is 0.394 e. The summed E-state index contributed by atoms with van der Waals surface area (Å²) in [6.45, 7) is 2.48. The number of aliphatic hydroxyl groups excluding tert-OH is 1. The van der Waals surface area contributed by atoms with Gasteiger partial charge < -0.3 is 10.4 Å². The summed E-state index contributed by atoms with van der Waals surface area (Å²) >= 11 is 3.18. The second-order valence-corrected chi connectivity index (χ2v) is 5.81. The maximum atomic E-state index is 13.2. The zero-order chi connectivity index (χ0) is 14.6. The molecule has 0 aliphatic heterocycles. The molecule has 0 spiro atoms. The molecular formula is C16H17BrFNO. The van der Waals surface area contributed by atoms with Gasteiger partial charge in [-0.05, 0) is 46.1 Å². The van der Waals surface area contributed by atoms with E-state index in [1.54, 1.807) is 12.1 Å². The highest BCUT2D eigenvalue weighted by Crippen LogP contribution is 2.22. The first-order chi connectivity index (χ1) is 9.55. The van der Waals surface area contributed by atoms with E-state index in [2.05, 4.69) is 21.2 Å². The van der Waals surface area contributed by atoms with Gasteiger partial charge in [0, 0.05) is 6.54 Å². The molecule has 1 atom stereocenters. The molecule has 0 aliphatic carbocycles. The molecule has 0 fully saturated rings. The highest BCUT2D eigenvalue weighted by Gasteiger charge is 2.24. The Kier molecular flexibility index (Phi) is 4.91. The summed E-state index contributed by atoms with van der Waals surface area (Å²) in [5.74, 6) is -0.276. The van der Waals surface area contributed by atoms with Crippen molar-refractivity contribution in [3.63, 3.8) is 0 Å². The van der Waals surface area contributed by atoms with Crippen LogP contribution >= 0.6 is 15.9 Å². The molecule has 4 heteroatoms. The van der Waals surface area contributed by atoms with E-state index >= 15 is 0 Å². The van der Waals surface area contributed by atoms with Gasteiger partial charge in [-0.3, -0.25) is 0 Å². The molecule has 0 amide bonds. The SMILES string of the molecule is CC(CO)(NCc1ccc(F)c(Br)c1)c1ccccc1. The van der Waals surface area contributed by atoms with Gasteiger partial charge in [-0.2, -0.15) is 0 Å². The molecule has 2 aromatic rings. The van der Waals surface area contributed by atoms with Gasteiger partial charge in [-0.25, -0.2) is 4.39 Å². The first-order valence-corrected chi connectivity index (χ1v) is 7.20. The van der Waals surface area contributed by atoms with Crippen LogP contribution in [0.5, 0.6) is 0 Å². The second kappa shape index (κ2) is 6.48. The summed E-state index contributed by atoms with van der Waals surface area (Å²) < 4.78 is 13.6. The molecule has 1 unspecified atom stereocenters. The number of aliphatic hydroxyl groups is 1. The van der Waals surface area contributed by atoms with Gasteiger partial charge >= 0.3 is 0 Å². The third-order valence-electron chi connectivity index (χ3n) is 3.39. The van der Waals surface area contributed by atoms with E-state index in [-0.39, 0.29) is 12.4 Å². The summed E-state index contributed by atoms with van der Waals surface area (Å²) in [6.07, 6.45) is 0. The van der Waals surface area contributed by atoms with Gasteiger partial charge in [0.25, 0.3) is 0 Å². The molecule has 0 heterocycles. The van der Waals surface area contributed by atoms with Crippen LogP contribution in [0.25, 0.3) is 0 Å². The lowest BCUT2D eigenvalue weighted by Crippen LogP contribution is -2.42. The van der Waals surface area contributed by atoms with E-state index in [1.807, 2.05) is 37.3 Å². The Morgan fingerprint density at radius 1 is 1.20 bits per heavy atom. The van der Waals surface area contributed by atoms with Gasteiger partial charge in [0.1, 0.15) is 5.82 Å². The standard InChI is InChI=1S/C16H17BrFNO/c1-16(11-20,13-5-3-2-4-6-13)19-10-12-7-8-15(18)14(17)9-12/h2-9,19-20H,10-11H2,1H3. The Balaban J connectivity index is 2.13. The zero-order valence-electron chi connectivity index (χ0n) is 11.2. The van der Waals surface area contributed by atoms with Crippen LogP contribution < -0.4 is 5.32 Å². The van der Waals surface area contributed by atoms with E-state index in [9.17, 15) is 9.50 Å². The van der Waals surface area contributed by atoms with Crippen molar-refractivity contribution in [1.82, 2.24) is 5.32 Å². The van der Waals surface area contributed by atoms with Crippen LogP contribution in [0.4, 0.5) is 4.39 Å². The number of hydrogen-bond donors (Lipinski definition) is 2. The Labute approximate surface area is 126 Å². The molecule has 2 N–H and O–H groups in total. The number of benzene rings is 2. The van der Waals surface area contributed by atoms with Crippen LogP contribution in [-0.4, -0.2) is 11.7 Å². The summed E-state index contributed by atoms with van der Waals surface area (Å²) in [5.41, 5.74) is 1.44. The lowest BCUT2D eigenvalue weighted by Gasteiger charge is -2.29. The van der Waals surface area contributed by atoms with E-state index < -0.39 is 5.54 Å². The van der Waals surface area contributed by atoms with Crippen LogP contribution in [0.2, 0.25) is 0 Å². The molecule has 0 saturated carbocycles. The molecule has 0 saturated heterocycles. The minimum absolute atomic E-state index is 0.0145. The van der Waals surface area contributed by atoms with Gasteiger partial charge in [0.2, 0.25) is 0 Å². The van der Waals surface area contributed by atoms with Crippen LogP contribution in [0.3, 0.4) is 0 Å². The third kappa shape index (κ3) is 3.45. The van der Waals surface area contributed by atoms with Crippen molar-refractivity contribution < 1.29 is 9.50 Å². The average molecular weight is 338 g/mol. The van der Waals surface area contributed by atoms with E-state index in [0.717, 1.165) is 11.1 Å². The third-order valence-corrected chi connectivity index (χ3v) is 4.00. The Bertz CT molecular complexity index is 576. The summed E-state index contributed by atoms with van der Waals surface area (Å²) in [4.78, 5) is 0. The molecule has 2 aromatic carbocycles. The highest BCUT2D eigenvalue weighted by molar-refractivity contribution is 9.10. The fraction of sp³-hybridized carbons (Fsp3) is 0.250. The average Bonchev–Trinajstić information content (AvgIpc) is 2.49. The van der Waals surface area contributed by atoms with Crippen LogP contribution in [0.15, 0.2) is 53.0 Å². The van der Waals surface area contributed by atoms with E-state index in [0.29, 0.717) is 11.0 Å². The van der Waals surface area contributed by atoms with E-state index in [1.165, 1.54) is 6.07 Å².